The molecule has 0 spiro atoms. The van der Waals surface area contributed by atoms with E-state index in [9.17, 15) is 23.5 Å². The summed E-state index contributed by atoms with van der Waals surface area (Å²) in [6, 6.07) is -0.889. The molecule has 2 aliphatic heterocycles. The summed E-state index contributed by atoms with van der Waals surface area (Å²) in [5.74, 6) is -4.13. The first kappa shape index (κ1) is 14.0. The molecule has 8 heteroatoms. The zero-order valence-corrected chi connectivity index (χ0v) is 10.2. The van der Waals surface area contributed by atoms with Gasteiger partial charge in [0.1, 0.15) is 6.09 Å². The molecule has 2 rings (SSSR count). The van der Waals surface area contributed by atoms with Crippen LogP contribution in [0.3, 0.4) is 0 Å². The minimum absolute atomic E-state index is 0.0264. The van der Waals surface area contributed by atoms with Crippen LogP contribution in [-0.4, -0.2) is 65.1 Å². The van der Waals surface area contributed by atoms with Crippen molar-refractivity contribution < 1.29 is 28.6 Å². The lowest BCUT2D eigenvalue weighted by molar-refractivity contribution is -0.264. The van der Waals surface area contributed by atoms with Gasteiger partial charge in [0.2, 0.25) is 5.91 Å². The van der Waals surface area contributed by atoms with Gasteiger partial charge >= 0.3 is 0 Å². The van der Waals surface area contributed by atoms with E-state index in [0.29, 0.717) is 6.42 Å². The van der Waals surface area contributed by atoms with Gasteiger partial charge in [0, 0.05) is 19.5 Å². The summed E-state index contributed by atoms with van der Waals surface area (Å²) >= 11 is 0. The third-order valence-electron chi connectivity index (χ3n) is 3.67. The molecule has 1 N–H and O–H groups in total. The van der Waals surface area contributed by atoms with Crippen LogP contribution in [-0.2, 0) is 4.79 Å². The lowest BCUT2D eigenvalue weighted by atomic mass is 10.1. The molecule has 2 heterocycles. The fraction of sp³-hybridized carbons (Fsp3) is 0.818. The Kier molecular flexibility index (Phi) is 3.62. The molecular weight excluding hydrogens is 262 g/mol. The van der Waals surface area contributed by atoms with Crippen molar-refractivity contribution in [1.29, 1.82) is 0 Å². The zero-order chi connectivity index (χ0) is 14.2. The van der Waals surface area contributed by atoms with Crippen LogP contribution in [0.1, 0.15) is 12.8 Å². The number of amides is 2. The van der Waals surface area contributed by atoms with E-state index in [0.717, 1.165) is 9.80 Å². The summed E-state index contributed by atoms with van der Waals surface area (Å²) in [5, 5.41) is 19.7. The first-order valence-corrected chi connectivity index (χ1v) is 6.09. The number of hydrogen-bond acceptors (Lipinski definition) is 4. The van der Waals surface area contributed by atoms with E-state index >= 15 is 0 Å². The van der Waals surface area contributed by atoms with Crippen molar-refractivity contribution in [3.63, 3.8) is 0 Å². The summed E-state index contributed by atoms with van der Waals surface area (Å²) < 4.78 is 26.5. The molecule has 2 saturated heterocycles. The van der Waals surface area contributed by atoms with Gasteiger partial charge in [-0.3, -0.25) is 4.79 Å². The van der Waals surface area contributed by atoms with Gasteiger partial charge in [-0.1, -0.05) is 0 Å². The number of aliphatic hydroxyl groups is 1. The summed E-state index contributed by atoms with van der Waals surface area (Å²) in [5.41, 5.74) is 0. The molecule has 0 aromatic carbocycles. The number of nitrogens with zero attached hydrogens (tertiary/aromatic N) is 2. The second-order valence-electron chi connectivity index (χ2n) is 5.06. The molecule has 2 fully saturated rings. The van der Waals surface area contributed by atoms with E-state index in [1.807, 2.05) is 0 Å². The number of aliphatic hydroxyl groups excluding tert-OH is 1. The van der Waals surface area contributed by atoms with E-state index in [-0.39, 0.29) is 13.1 Å². The van der Waals surface area contributed by atoms with Gasteiger partial charge in [-0.15, -0.1) is 0 Å². The van der Waals surface area contributed by atoms with Crippen molar-refractivity contribution in [2.24, 2.45) is 5.92 Å². The first-order valence-electron chi connectivity index (χ1n) is 6.09. The summed E-state index contributed by atoms with van der Waals surface area (Å²) in [4.78, 5) is 24.7. The number of carboxylic acid groups (broad SMARTS) is 1. The van der Waals surface area contributed by atoms with Gasteiger partial charge in [0.15, 0.2) is 0 Å². The van der Waals surface area contributed by atoms with E-state index in [2.05, 4.69) is 0 Å². The third kappa shape index (κ3) is 2.78. The topological polar surface area (TPSA) is 83.9 Å². The number of rotatable bonds is 2. The number of carbonyl (C=O) groups is 2. The number of likely N-dealkylation sites (tertiary alicyclic amines) is 2. The Balaban J connectivity index is 2.02. The molecule has 0 aromatic heterocycles. The maximum atomic E-state index is 13.3. The van der Waals surface area contributed by atoms with Gasteiger partial charge in [-0.05, 0) is 6.42 Å². The van der Waals surface area contributed by atoms with Crippen LogP contribution < -0.4 is 5.11 Å². The molecule has 6 nitrogen and oxygen atoms in total. The van der Waals surface area contributed by atoms with E-state index < -0.39 is 49.5 Å². The maximum Gasteiger partial charge on any atom is 0.267 e. The minimum atomic E-state index is -2.99. The largest absolute Gasteiger partial charge is 0.530 e. The normalized spacial score (nSPS) is 29.8. The Hall–Kier alpha value is -1.44. The average molecular weight is 277 g/mol. The highest BCUT2D eigenvalue weighted by Gasteiger charge is 2.48. The highest BCUT2D eigenvalue weighted by molar-refractivity contribution is 5.81. The molecule has 0 bridgehead atoms. The summed E-state index contributed by atoms with van der Waals surface area (Å²) in [6.45, 7) is -1.08. The lowest BCUT2D eigenvalue weighted by Crippen LogP contribution is -2.44. The van der Waals surface area contributed by atoms with E-state index in [1.54, 1.807) is 0 Å². The lowest BCUT2D eigenvalue weighted by Gasteiger charge is -2.26. The zero-order valence-electron chi connectivity index (χ0n) is 10.2. The molecule has 2 amide bonds. The second kappa shape index (κ2) is 4.92. The van der Waals surface area contributed by atoms with Crippen molar-refractivity contribution in [2.75, 3.05) is 26.2 Å². The predicted octanol–water partition coefficient (Wildman–Crippen LogP) is -1.12. The quantitative estimate of drug-likeness (QED) is 0.693. The van der Waals surface area contributed by atoms with E-state index in [1.165, 1.54) is 0 Å². The van der Waals surface area contributed by atoms with Gasteiger partial charge in [0.25, 0.3) is 5.92 Å². The van der Waals surface area contributed by atoms with Crippen LogP contribution in [0.4, 0.5) is 13.6 Å². The first-order chi connectivity index (χ1) is 8.84. The highest BCUT2D eigenvalue weighted by atomic mass is 19.3. The van der Waals surface area contributed by atoms with Crippen LogP contribution >= 0.6 is 0 Å². The van der Waals surface area contributed by atoms with Gasteiger partial charge in [0.05, 0.1) is 25.1 Å². The molecule has 2 atom stereocenters. The average Bonchev–Trinajstić information content (AvgIpc) is 2.92. The number of hydrogen-bond donors (Lipinski definition) is 1. The second-order valence-corrected chi connectivity index (χ2v) is 5.06. The Labute approximate surface area is 108 Å². The van der Waals surface area contributed by atoms with Crippen molar-refractivity contribution in [2.45, 2.75) is 24.8 Å². The van der Waals surface area contributed by atoms with Crippen LogP contribution in [0.25, 0.3) is 0 Å². The van der Waals surface area contributed by atoms with Crippen LogP contribution in [0, 0.1) is 5.92 Å². The Bertz CT molecular complexity index is 391. The van der Waals surface area contributed by atoms with Gasteiger partial charge < -0.3 is 24.8 Å². The summed E-state index contributed by atoms with van der Waals surface area (Å²) in [6.07, 6.45) is -1.61. The Morgan fingerprint density at radius 3 is 2.63 bits per heavy atom. The maximum absolute atomic E-state index is 13.3. The van der Waals surface area contributed by atoms with Crippen LogP contribution in [0.15, 0.2) is 0 Å². The molecular formula is C11H15F2N2O4-. The smallest absolute Gasteiger partial charge is 0.267 e. The Morgan fingerprint density at radius 1 is 1.42 bits per heavy atom. The summed E-state index contributed by atoms with van der Waals surface area (Å²) in [7, 11) is 0. The van der Waals surface area contributed by atoms with Crippen molar-refractivity contribution in [1.82, 2.24) is 9.80 Å². The molecule has 108 valence electrons. The molecule has 19 heavy (non-hydrogen) atoms. The Morgan fingerprint density at radius 2 is 2.11 bits per heavy atom. The molecule has 0 radical (unpaired) electrons. The number of carbonyl (C=O) groups excluding carboxylic acids is 2. The highest BCUT2D eigenvalue weighted by Crippen LogP contribution is 2.33. The fourth-order valence-electron chi connectivity index (χ4n) is 2.68. The van der Waals surface area contributed by atoms with Crippen molar-refractivity contribution in [3.05, 3.63) is 0 Å². The number of halogens is 2. The van der Waals surface area contributed by atoms with Crippen LogP contribution in [0.5, 0.6) is 0 Å². The fourth-order valence-corrected chi connectivity index (χ4v) is 2.68. The molecule has 2 aliphatic rings. The van der Waals surface area contributed by atoms with Crippen molar-refractivity contribution in [3.8, 4) is 0 Å². The molecule has 0 saturated carbocycles. The van der Waals surface area contributed by atoms with Gasteiger partial charge in [-0.25, -0.2) is 8.78 Å². The molecule has 0 aliphatic carbocycles. The standard InChI is InChI=1S/C11H16F2N2O4/c12-11(13)3-8(5-16)15(6-11)9(17)7-1-2-14(4-7)10(18)19/h7-8,16H,1-6H2,(H,18,19)/p-1/t7?,8-/m1/s1. The van der Waals surface area contributed by atoms with Crippen LogP contribution in [0.2, 0.25) is 0 Å². The minimum Gasteiger partial charge on any atom is -0.530 e. The molecule has 0 aromatic rings. The predicted molar refractivity (Wildman–Crippen MR) is 57.2 cm³/mol. The molecule has 1 unspecified atom stereocenters. The monoisotopic (exact) mass is 277 g/mol. The SMILES string of the molecule is O=C([O-])N1CCC(C(=O)N2CC(F)(F)C[C@@H]2CO)C1. The third-order valence-corrected chi connectivity index (χ3v) is 3.67. The van der Waals surface area contributed by atoms with Gasteiger partial charge in [-0.2, -0.15) is 0 Å². The number of alkyl halides is 2. The van der Waals surface area contributed by atoms with E-state index in [4.69, 9.17) is 5.11 Å². The van der Waals surface area contributed by atoms with Crippen molar-refractivity contribution >= 4 is 12.0 Å².